The third kappa shape index (κ3) is 2.51. The van der Waals surface area contributed by atoms with E-state index in [1.54, 1.807) is 6.07 Å². The molecule has 1 aromatic rings. The molecule has 2 aliphatic rings. The zero-order valence-corrected chi connectivity index (χ0v) is 11.9. The van der Waals surface area contributed by atoms with Crippen LogP contribution < -0.4 is 0 Å². The van der Waals surface area contributed by atoms with E-state index in [0.717, 1.165) is 30.3 Å². The van der Waals surface area contributed by atoms with Crippen molar-refractivity contribution in [1.29, 1.82) is 0 Å². The fourth-order valence-corrected chi connectivity index (χ4v) is 4.45. The molecule has 1 saturated heterocycles. The predicted octanol–water partition coefficient (Wildman–Crippen LogP) is 2.64. The lowest BCUT2D eigenvalue weighted by Gasteiger charge is -2.33. The first-order valence-electron chi connectivity index (χ1n) is 6.85. The Morgan fingerprint density at radius 2 is 2.32 bits per heavy atom. The maximum absolute atomic E-state index is 11.2. The molecule has 2 heterocycles. The molecule has 2 atom stereocenters. The maximum Gasteiger partial charge on any atom is 0.335 e. The van der Waals surface area contributed by atoms with Gasteiger partial charge in [-0.1, -0.05) is 19.1 Å². The van der Waals surface area contributed by atoms with Crippen LogP contribution in [0.4, 0.5) is 0 Å². The Morgan fingerprint density at radius 3 is 3.00 bits per heavy atom. The highest BCUT2D eigenvalue weighted by atomic mass is 32.2. The topological polar surface area (TPSA) is 40.5 Å². The van der Waals surface area contributed by atoms with E-state index in [2.05, 4.69) is 29.7 Å². The van der Waals surface area contributed by atoms with Crippen molar-refractivity contribution >= 4 is 17.7 Å². The van der Waals surface area contributed by atoms with Crippen LogP contribution in [0.1, 0.15) is 34.8 Å². The van der Waals surface area contributed by atoms with Crippen molar-refractivity contribution in [2.45, 2.75) is 37.6 Å². The smallest absolute Gasteiger partial charge is 0.335 e. The van der Waals surface area contributed by atoms with Crippen LogP contribution in [0.3, 0.4) is 0 Å². The van der Waals surface area contributed by atoms with Crippen LogP contribution in [0.25, 0.3) is 0 Å². The SMILES string of the molecule is CC1CC(N2CCc3c(cccc3C(=O)O)C2)CS1. The van der Waals surface area contributed by atoms with Gasteiger partial charge in [-0.15, -0.1) is 0 Å². The second-order valence-corrected chi connectivity index (χ2v) is 6.97. The van der Waals surface area contributed by atoms with Crippen LogP contribution >= 0.6 is 11.8 Å². The molecule has 0 aliphatic carbocycles. The van der Waals surface area contributed by atoms with Crippen LogP contribution in [0.5, 0.6) is 0 Å². The number of hydrogen-bond acceptors (Lipinski definition) is 3. The van der Waals surface area contributed by atoms with Gasteiger partial charge in [0.1, 0.15) is 0 Å². The highest BCUT2D eigenvalue weighted by Gasteiger charge is 2.30. The Labute approximate surface area is 118 Å². The molecule has 19 heavy (non-hydrogen) atoms. The summed E-state index contributed by atoms with van der Waals surface area (Å²) in [7, 11) is 0. The molecule has 0 radical (unpaired) electrons. The number of thioether (sulfide) groups is 1. The Balaban J connectivity index is 1.81. The second-order valence-electron chi connectivity index (χ2n) is 5.50. The largest absolute Gasteiger partial charge is 0.478 e. The first-order valence-corrected chi connectivity index (χ1v) is 7.89. The van der Waals surface area contributed by atoms with Gasteiger partial charge in [0.05, 0.1) is 5.56 Å². The normalized spacial score (nSPS) is 27.2. The van der Waals surface area contributed by atoms with Crippen molar-refractivity contribution in [3.05, 3.63) is 34.9 Å². The lowest BCUT2D eigenvalue weighted by Crippen LogP contribution is -2.40. The third-order valence-electron chi connectivity index (χ3n) is 4.22. The summed E-state index contributed by atoms with van der Waals surface area (Å²) >= 11 is 2.05. The first-order chi connectivity index (χ1) is 9.15. The average molecular weight is 277 g/mol. The number of carboxylic acid groups (broad SMARTS) is 1. The molecule has 0 spiro atoms. The maximum atomic E-state index is 11.2. The van der Waals surface area contributed by atoms with Crippen molar-refractivity contribution in [3.8, 4) is 0 Å². The molecule has 0 aromatic heterocycles. The van der Waals surface area contributed by atoms with Gasteiger partial charge >= 0.3 is 5.97 Å². The predicted molar refractivity (Wildman–Crippen MR) is 77.8 cm³/mol. The lowest BCUT2D eigenvalue weighted by atomic mass is 9.93. The molecule has 2 unspecified atom stereocenters. The summed E-state index contributed by atoms with van der Waals surface area (Å²) < 4.78 is 0. The number of aromatic carboxylic acids is 1. The Kier molecular flexibility index (Phi) is 3.54. The Hall–Kier alpha value is -1.00. The van der Waals surface area contributed by atoms with Gasteiger partial charge in [0.2, 0.25) is 0 Å². The molecule has 1 N–H and O–H groups in total. The van der Waals surface area contributed by atoms with Gasteiger partial charge in [0, 0.05) is 30.1 Å². The van der Waals surface area contributed by atoms with Crippen LogP contribution in [0.2, 0.25) is 0 Å². The van der Waals surface area contributed by atoms with E-state index < -0.39 is 5.97 Å². The van der Waals surface area contributed by atoms with Crippen molar-refractivity contribution in [3.63, 3.8) is 0 Å². The molecule has 2 aliphatic heterocycles. The van der Waals surface area contributed by atoms with E-state index in [9.17, 15) is 9.90 Å². The summed E-state index contributed by atoms with van der Waals surface area (Å²) in [6.07, 6.45) is 2.13. The fourth-order valence-electron chi connectivity index (χ4n) is 3.19. The zero-order valence-electron chi connectivity index (χ0n) is 11.1. The van der Waals surface area contributed by atoms with E-state index in [0.29, 0.717) is 11.6 Å². The molecule has 4 heteroatoms. The standard InChI is InChI=1S/C15H19NO2S/c1-10-7-12(9-19-10)16-6-5-13-11(8-16)3-2-4-14(13)15(17)18/h2-4,10,12H,5-9H2,1H3,(H,17,18). The molecule has 1 aromatic carbocycles. The van der Waals surface area contributed by atoms with Crippen LogP contribution in [-0.4, -0.2) is 39.6 Å². The number of fused-ring (bicyclic) bond motifs is 1. The molecular formula is C15H19NO2S. The minimum Gasteiger partial charge on any atom is -0.478 e. The van der Waals surface area contributed by atoms with E-state index in [1.807, 2.05) is 6.07 Å². The molecular weight excluding hydrogens is 258 g/mol. The Bertz CT molecular complexity index is 503. The van der Waals surface area contributed by atoms with Gasteiger partial charge in [0.15, 0.2) is 0 Å². The lowest BCUT2D eigenvalue weighted by molar-refractivity contribution is 0.0694. The van der Waals surface area contributed by atoms with E-state index in [-0.39, 0.29) is 0 Å². The summed E-state index contributed by atoms with van der Waals surface area (Å²) in [6, 6.07) is 6.35. The van der Waals surface area contributed by atoms with Crippen molar-refractivity contribution in [1.82, 2.24) is 4.90 Å². The zero-order chi connectivity index (χ0) is 13.4. The van der Waals surface area contributed by atoms with Crippen molar-refractivity contribution < 1.29 is 9.90 Å². The van der Waals surface area contributed by atoms with Gasteiger partial charge in [-0.25, -0.2) is 4.79 Å². The van der Waals surface area contributed by atoms with E-state index in [4.69, 9.17) is 0 Å². The highest BCUT2D eigenvalue weighted by Crippen LogP contribution is 2.32. The van der Waals surface area contributed by atoms with Crippen LogP contribution in [0, 0.1) is 0 Å². The van der Waals surface area contributed by atoms with Crippen LogP contribution in [-0.2, 0) is 13.0 Å². The monoisotopic (exact) mass is 277 g/mol. The van der Waals surface area contributed by atoms with Gasteiger partial charge in [-0.3, -0.25) is 4.90 Å². The number of carboxylic acids is 1. The Morgan fingerprint density at radius 1 is 1.47 bits per heavy atom. The second kappa shape index (κ2) is 5.17. The number of nitrogens with zero attached hydrogens (tertiary/aromatic N) is 1. The molecule has 102 valence electrons. The molecule has 3 nitrogen and oxygen atoms in total. The number of benzene rings is 1. The molecule has 1 fully saturated rings. The summed E-state index contributed by atoms with van der Waals surface area (Å²) in [5, 5.41) is 10.00. The minimum atomic E-state index is -0.796. The number of hydrogen-bond donors (Lipinski definition) is 1. The molecule has 3 rings (SSSR count). The van der Waals surface area contributed by atoms with Gasteiger partial charge < -0.3 is 5.11 Å². The van der Waals surface area contributed by atoms with E-state index >= 15 is 0 Å². The van der Waals surface area contributed by atoms with Gasteiger partial charge in [-0.2, -0.15) is 11.8 Å². The highest BCUT2D eigenvalue weighted by molar-refractivity contribution is 8.00. The third-order valence-corrected chi connectivity index (χ3v) is 5.56. The quantitative estimate of drug-likeness (QED) is 0.902. The minimum absolute atomic E-state index is 0.492. The van der Waals surface area contributed by atoms with Gasteiger partial charge in [-0.05, 0) is 30.0 Å². The van der Waals surface area contributed by atoms with Crippen molar-refractivity contribution in [2.24, 2.45) is 0 Å². The summed E-state index contributed by atoms with van der Waals surface area (Å²) in [5.74, 6) is 0.421. The summed E-state index contributed by atoms with van der Waals surface area (Å²) in [5.41, 5.74) is 2.74. The van der Waals surface area contributed by atoms with E-state index in [1.165, 1.54) is 17.7 Å². The molecule has 0 amide bonds. The summed E-state index contributed by atoms with van der Waals surface area (Å²) in [6.45, 7) is 4.20. The fraction of sp³-hybridized carbons (Fsp3) is 0.533. The van der Waals surface area contributed by atoms with Crippen molar-refractivity contribution in [2.75, 3.05) is 12.3 Å². The summed E-state index contributed by atoms with van der Waals surface area (Å²) in [4.78, 5) is 13.8. The number of carbonyl (C=O) groups is 1. The molecule has 0 saturated carbocycles. The average Bonchev–Trinajstić information content (AvgIpc) is 2.84. The first kappa shape index (κ1) is 13.0. The number of rotatable bonds is 2. The molecule has 0 bridgehead atoms. The van der Waals surface area contributed by atoms with Crippen LogP contribution in [0.15, 0.2) is 18.2 Å². The van der Waals surface area contributed by atoms with Gasteiger partial charge in [0.25, 0.3) is 0 Å².